The number of piperidine rings is 1. The second-order valence-electron chi connectivity index (χ2n) is 5.96. The molecule has 0 aliphatic carbocycles. The minimum absolute atomic E-state index is 0.153. The Labute approximate surface area is 128 Å². The molecule has 116 valence electrons. The number of amides is 1. The predicted molar refractivity (Wildman–Crippen MR) is 87.5 cm³/mol. The number of nitrogens with zero attached hydrogens (tertiary/aromatic N) is 2. The van der Waals surface area contributed by atoms with Gasteiger partial charge in [-0.2, -0.15) is 0 Å². The molecule has 21 heavy (non-hydrogen) atoms. The quantitative estimate of drug-likeness (QED) is 0.901. The third-order valence-corrected chi connectivity index (χ3v) is 4.17. The molecule has 1 atom stereocenters. The molecule has 1 aliphatic rings. The molecule has 1 aliphatic heterocycles. The van der Waals surface area contributed by atoms with E-state index in [1.807, 2.05) is 19.0 Å². The molecule has 0 radical (unpaired) electrons. The Morgan fingerprint density at radius 2 is 2.00 bits per heavy atom. The monoisotopic (exact) mass is 289 g/mol. The lowest BCUT2D eigenvalue weighted by Gasteiger charge is -2.29. The lowest BCUT2D eigenvalue weighted by molar-refractivity contribution is -0.136. The zero-order valence-electron chi connectivity index (χ0n) is 13.4. The molecule has 0 saturated carbocycles. The van der Waals surface area contributed by atoms with Crippen LogP contribution in [0.3, 0.4) is 0 Å². The smallest absolute Gasteiger partial charge is 0.227 e. The van der Waals surface area contributed by atoms with Crippen molar-refractivity contribution in [2.45, 2.75) is 26.3 Å². The zero-order valence-corrected chi connectivity index (χ0v) is 13.4. The normalized spacial score (nSPS) is 18.3. The number of hydrogen-bond acceptors (Lipinski definition) is 3. The van der Waals surface area contributed by atoms with E-state index in [-0.39, 0.29) is 5.92 Å². The first-order valence-electron chi connectivity index (χ1n) is 7.87. The van der Waals surface area contributed by atoms with Crippen LogP contribution in [0.1, 0.15) is 25.3 Å². The fourth-order valence-electron chi connectivity index (χ4n) is 2.79. The number of nitrogens with one attached hydrogen (secondary N) is 1. The molecule has 1 saturated heterocycles. The maximum absolute atomic E-state index is 12.6. The van der Waals surface area contributed by atoms with Gasteiger partial charge in [0, 0.05) is 39.4 Å². The summed E-state index contributed by atoms with van der Waals surface area (Å²) >= 11 is 0. The molecule has 0 bridgehead atoms. The van der Waals surface area contributed by atoms with Gasteiger partial charge in [-0.1, -0.05) is 12.1 Å². The molecule has 1 N–H and O–H groups in total. The Hall–Kier alpha value is -1.55. The first-order chi connectivity index (χ1) is 10.1. The van der Waals surface area contributed by atoms with Crippen LogP contribution in [0.5, 0.6) is 0 Å². The molecule has 0 aromatic heterocycles. The molecular weight excluding hydrogens is 262 g/mol. The van der Waals surface area contributed by atoms with Crippen LogP contribution in [0.2, 0.25) is 0 Å². The molecule has 1 fully saturated rings. The van der Waals surface area contributed by atoms with Crippen molar-refractivity contribution >= 4 is 11.6 Å². The average Bonchev–Trinajstić information content (AvgIpc) is 2.53. The minimum Gasteiger partial charge on any atom is -0.378 e. The minimum atomic E-state index is 0.153. The highest BCUT2D eigenvalue weighted by atomic mass is 16.2. The molecule has 1 amide bonds. The van der Waals surface area contributed by atoms with Crippen molar-refractivity contribution in [2.24, 2.45) is 5.92 Å². The lowest BCUT2D eigenvalue weighted by Crippen LogP contribution is -2.42. The molecule has 0 spiro atoms. The van der Waals surface area contributed by atoms with Crippen LogP contribution < -0.4 is 10.2 Å². The van der Waals surface area contributed by atoms with E-state index in [9.17, 15) is 4.79 Å². The van der Waals surface area contributed by atoms with Gasteiger partial charge in [-0.05, 0) is 44.0 Å². The van der Waals surface area contributed by atoms with E-state index in [1.165, 1.54) is 11.3 Å². The van der Waals surface area contributed by atoms with Crippen LogP contribution in [-0.4, -0.2) is 44.5 Å². The fourth-order valence-corrected chi connectivity index (χ4v) is 2.79. The van der Waals surface area contributed by atoms with E-state index in [4.69, 9.17) is 0 Å². The van der Waals surface area contributed by atoms with Crippen LogP contribution in [0.4, 0.5) is 5.69 Å². The van der Waals surface area contributed by atoms with Crippen molar-refractivity contribution in [1.82, 2.24) is 10.2 Å². The average molecular weight is 289 g/mol. The van der Waals surface area contributed by atoms with Crippen molar-refractivity contribution in [2.75, 3.05) is 38.6 Å². The summed E-state index contributed by atoms with van der Waals surface area (Å²) in [6, 6.07) is 8.44. The summed E-state index contributed by atoms with van der Waals surface area (Å²) in [6.45, 7) is 5.41. The predicted octanol–water partition coefficient (Wildman–Crippen LogP) is 2.10. The Kier molecular flexibility index (Phi) is 5.62. The lowest BCUT2D eigenvalue weighted by atomic mass is 9.98. The second kappa shape index (κ2) is 7.46. The summed E-state index contributed by atoms with van der Waals surface area (Å²) in [7, 11) is 4.07. The Morgan fingerprint density at radius 1 is 1.29 bits per heavy atom. The summed E-state index contributed by atoms with van der Waals surface area (Å²) in [4.78, 5) is 16.6. The summed E-state index contributed by atoms with van der Waals surface area (Å²) in [5, 5.41) is 3.33. The molecule has 0 unspecified atom stereocenters. The van der Waals surface area contributed by atoms with Gasteiger partial charge in [0.2, 0.25) is 5.91 Å². The summed E-state index contributed by atoms with van der Waals surface area (Å²) in [5.74, 6) is 0.445. The van der Waals surface area contributed by atoms with Crippen molar-refractivity contribution in [3.05, 3.63) is 29.8 Å². The summed E-state index contributed by atoms with van der Waals surface area (Å²) in [5.41, 5.74) is 2.38. The van der Waals surface area contributed by atoms with Gasteiger partial charge in [0.1, 0.15) is 0 Å². The highest BCUT2D eigenvalue weighted by Gasteiger charge is 2.25. The van der Waals surface area contributed by atoms with Crippen molar-refractivity contribution in [1.29, 1.82) is 0 Å². The van der Waals surface area contributed by atoms with Gasteiger partial charge in [-0.25, -0.2) is 0 Å². The van der Waals surface area contributed by atoms with Gasteiger partial charge in [-0.3, -0.25) is 4.79 Å². The fraction of sp³-hybridized carbons (Fsp3) is 0.588. The number of anilines is 1. The topological polar surface area (TPSA) is 35.6 Å². The third kappa shape index (κ3) is 4.21. The summed E-state index contributed by atoms with van der Waals surface area (Å²) < 4.78 is 0. The van der Waals surface area contributed by atoms with E-state index >= 15 is 0 Å². The number of benzene rings is 1. The van der Waals surface area contributed by atoms with Crippen LogP contribution in [0, 0.1) is 5.92 Å². The second-order valence-corrected chi connectivity index (χ2v) is 5.96. The first-order valence-corrected chi connectivity index (χ1v) is 7.87. The highest BCUT2D eigenvalue weighted by Crippen LogP contribution is 2.17. The molecular formula is C17H27N3O. The van der Waals surface area contributed by atoms with Gasteiger partial charge in [-0.15, -0.1) is 0 Å². The largest absolute Gasteiger partial charge is 0.378 e. The van der Waals surface area contributed by atoms with Gasteiger partial charge in [0.25, 0.3) is 0 Å². The molecule has 2 rings (SSSR count). The van der Waals surface area contributed by atoms with Gasteiger partial charge >= 0.3 is 0 Å². The Balaban J connectivity index is 1.99. The molecule has 1 aromatic carbocycles. The first kappa shape index (κ1) is 15.8. The third-order valence-electron chi connectivity index (χ3n) is 4.17. The summed E-state index contributed by atoms with van der Waals surface area (Å²) in [6.07, 6.45) is 2.12. The number of carbonyl (C=O) groups is 1. The molecule has 1 aromatic rings. The van der Waals surface area contributed by atoms with Crippen LogP contribution in [0.15, 0.2) is 24.3 Å². The van der Waals surface area contributed by atoms with Gasteiger partial charge in [0.15, 0.2) is 0 Å². The maximum atomic E-state index is 12.6. The van der Waals surface area contributed by atoms with Crippen LogP contribution >= 0.6 is 0 Å². The molecule has 1 heterocycles. The number of carbonyl (C=O) groups excluding carboxylic acids is 1. The number of hydrogen-bond donors (Lipinski definition) is 1. The van der Waals surface area contributed by atoms with Crippen molar-refractivity contribution < 1.29 is 4.79 Å². The number of rotatable bonds is 5. The van der Waals surface area contributed by atoms with Crippen molar-refractivity contribution in [3.63, 3.8) is 0 Å². The van der Waals surface area contributed by atoms with E-state index in [0.29, 0.717) is 12.5 Å². The van der Waals surface area contributed by atoms with E-state index in [0.717, 1.165) is 32.5 Å². The maximum Gasteiger partial charge on any atom is 0.227 e. The zero-order chi connectivity index (χ0) is 15.2. The Morgan fingerprint density at radius 3 is 2.52 bits per heavy atom. The van der Waals surface area contributed by atoms with E-state index in [1.54, 1.807) is 0 Å². The van der Waals surface area contributed by atoms with E-state index < -0.39 is 0 Å². The van der Waals surface area contributed by atoms with Crippen LogP contribution in [-0.2, 0) is 11.3 Å². The highest BCUT2D eigenvalue weighted by molar-refractivity contribution is 5.79. The van der Waals surface area contributed by atoms with E-state index in [2.05, 4.69) is 41.4 Å². The van der Waals surface area contributed by atoms with Gasteiger partial charge < -0.3 is 15.1 Å². The molecule has 4 nitrogen and oxygen atoms in total. The SMILES string of the molecule is CCN(Cc1ccc(N(C)C)cc1)C(=O)[C@H]1CCCNC1. The standard InChI is InChI=1S/C17H27N3O/c1-4-20(17(21)15-6-5-11-18-12-15)13-14-7-9-16(10-8-14)19(2)3/h7-10,15,18H,4-6,11-13H2,1-3H3/t15-/m0/s1. The Bertz CT molecular complexity index is 450. The molecule has 4 heteroatoms. The van der Waals surface area contributed by atoms with Gasteiger partial charge in [0.05, 0.1) is 5.92 Å². The van der Waals surface area contributed by atoms with Crippen LogP contribution in [0.25, 0.3) is 0 Å². The van der Waals surface area contributed by atoms with Crippen molar-refractivity contribution in [3.8, 4) is 0 Å².